The number of alkyl halides is 3. The number of benzene rings is 1. The first-order valence-electron chi connectivity index (χ1n) is 4.89. The first-order valence-corrected chi connectivity index (χ1v) is 6.80. The lowest BCUT2D eigenvalue weighted by Crippen LogP contribution is -2.29. The Morgan fingerprint density at radius 1 is 1.33 bits per heavy atom. The minimum atomic E-state index is -1.66. The van der Waals surface area contributed by atoms with E-state index in [-0.39, 0.29) is 18.9 Å². The van der Waals surface area contributed by atoms with E-state index in [2.05, 4.69) is 0 Å². The molecule has 1 aromatic rings. The number of hydrogen-bond acceptors (Lipinski definition) is 3. The normalized spacial score (nSPS) is 10.8. The number of nitrogens with zero attached hydrogens (tertiary/aromatic N) is 2. The Bertz CT molecular complexity index is 442. The average Bonchev–Trinajstić information content (AvgIpc) is 2.28. The first-order chi connectivity index (χ1) is 8.42. The number of carbonyl (C=O) groups excluding carboxylic acids is 1. The van der Waals surface area contributed by atoms with Gasteiger partial charge in [-0.05, 0) is 5.56 Å². The second kappa shape index (κ2) is 7.10. The molecule has 0 bridgehead atoms. The van der Waals surface area contributed by atoms with Gasteiger partial charge in [-0.25, -0.2) is 0 Å². The molecule has 0 N–H and O–H groups in total. The molecule has 1 rings (SSSR count). The summed E-state index contributed by atoms with van der Waals surface area (Å²) in [6.07, 6.45) is 0.163. The Hall–Kier alpha value is -0.600. The highest BCUT2D eigenvalue weighted by Crippen LogP contribution is 2.41. The molecule has 0 radical (unpaired) electrons. The molecular formula is C11H9Cl3N2OS. The highest BCUT2D eigenvalue weighted by molar-refractivity contribution is 8.03. The van der Waals surface area contributed by atoms with Crippen molar-refractivity contribution in [2.24, 2.45) is 0 Å². The SMILES string of the molecule is N#CCN(SC(Cl)(Cl)Cl)C(=O)Cc1ccccc1. The molecule has 0 saturated heterocycles. The maximum absolute atomic E-state index is 12.0. The summed E-state index contributed by atoms with van der Waals surface area (Å²) in [6, 6.07) is 11.0. The summed E-state index contributed by atoms with van der Waals surface area (Å²) >= 11 is 17.5. The first kappa shape index (κ1) is 15.5. The minimum absolute atomic E-state index is 0.135. The molecule has 3 nitrogen and oxygen atoms in total. The summed E-state index contributed by atoms with van der Waals surface area (Å²) in [7, 11) is 0. The summed E-state index contributed by atoms with van der Waals surface area (Å²) in [6.45, 7) is -0.135. The van der Waals surface area contributed by atoms with E-state index in [1.165, 1.54) is 0 Å². The van der Waals surface area contributed by atoms with Crippen molar-refractivity contribution in [3.05, 3.63) is 35.9 Å². The number of carbonyl (C=O) groups is 1. The second-order valence-electron chi connectivity index (χ2n) is 3.29. The molecule has 0 spiro atoms. The fourth-order valence-electron chi connectivity index (χ4n) is 1.22. The van der Waals surface area contributed by atoms with Crippen LogP contribution >= 0.6 is 46.8 Å². The van der Waals surface area contributed by atoms with Crippen molar-refractivity contribution in [2.45, 2.75) is 9.55 Å². The molecular weight excluding hydrogens is 315 g/mol. The third-order valence-electron chi connectivity index (χ3n) is 1.90. The molecule has 1 aromatic carbocycles. The van der Waals surface area contributed by atoms with Gasteiger partial charge in [-0.3, -0.25) is 9.10 Å². The van der Waals surface area contributed by atoms with Gasteiger partial charge in [0, 0.05) is 11.9 Å². The number of amides is 1. The van der Waals surface area contributed by atoms with Crippen molar-refractivity contribution in [1.29, 1.82) is 5.26 Å². The zero-order valence-electron chi connectivity index (χ0n) is 9.15. The standard InChI is InChI=1S/C11H9Cl3N2OS/c12-11(13,14)18-16(7-6-15)10(17)8-9-4-2-1-3-5-9/h1-5H,7-8H2. The smallest absolute Gasteiger partial charge is 0.256 e. The number of hydrogen-bond donors (Lipinski definition) is 0. The van der Waals surface area contributed by atoms with Gasteiger partial charge >= 0.3 is 0 Å². The van der Waals surface area contributed by atoms with E-state index in [1.807, 2.05) is 36.4 Å². The Balaban J connectivity index is 2.69. The Morgan fingerprint density at radius 3 is 2.44 bits per heavy atom. The van der Waals surface area contributed by atoms with Crippen molar-refractivity contribution in [3.8, 4) is 6.07 Å². The van der Waals surface area contributed by atoms with Crippen LogP contribution in [0.1, 0.15) is 5.56 Å². The van der Waals surface area contributed by atoms with Gasteiger partial charge in [0.2, 0.25) is 5.91 Å². The van der Waals surface area contributed by atoms with E-state index in [0.717, 1.165) is 9.87 Å². The number of nitriles is 1. The topological polar surface area (TPSA) is 44.1 Å². The summed E-state index contributed by atoms with van der Waals surface area (Å²) in [5.41, 5.74) is 0.843. The second-order valence-corrected chi connectivity index (χ2v) is 7.48. The summed E-state index contributed by atoms with van der Waals surface area (Å²) < 4.78 is -0.511. The van der Waals surface area contributed by atoms with Crippen molar-refractivity contribution in [3.63, 3.8) is 0 Å². The lowest BCUT2D eigenvalue weighted by Gasteiger charge is -2.22. The minimum Gasteiger partial charge on any atom is -0.274 e. The van der Waals surface area contributed by atoms with Gasteiger partial charge in [-0.15, -0.1) is 0 Å². The van der Waals surface area contributed by atoms with Crippen LogP contribution in [-0.4, -0.2) is 19.9 Å². The third-order valence-corrected chi connectivity index (χ3v) is 3.29. The van der Waals surface area contributed by atoms with Crippen molar-refractivity contribution in [2.75, 3.05) is 6.54 Å². The summed E-state index contributed by atoms with van der Waals surface area (Å²) in [5, 5.41) is 8.66. The zero-order valence-corrected chi connectivity index (χ0v) is 12.2. The Morgan fingerprint density at radius 2 is 1.94 bits per heavy atom. The van der Waals surface area contributed by atoms with Crippen LogP contribution in [0.2, 0.25) is 0 Å². The molecule has 18 heavy (non-hydrogen) atoms. The Kier molecular flexibility index (Phi) is 6.10. The van der Waals surface area contributed by atoms with Crippen molar-refractivity contribution >= 4 is 52.7 Å². The molecule has 0 aliphatic heterocycles. The van der Waals surface area contributed by atoms with Crippen LogP contribution in [0.4, 0.5) is 0 Å². The van der Waals surface area contributed by atoms with Gasteiger partial charge in [0.1, 0.15) is 6.54 Å². The lowest BCUT2D eigenvalue weighted by molar-refractivity contribution is -0.125. The highest BCUT2D eigenvalue weighted by atomic mass is 35.6. The predicted octanol–water partition coefficient (Wildman–Crippen LogP) is 3.56. The molecule has 0 fully saturated rings. The molecule has 7 heteroatoms. The molecule has 0 aromatic heterocycles. The molecule has 0 heterocycles. The van der Waals surface area contributed by atoms with E-state index in [4.69, 9.17) is 40.1 Å². The number of rotatable bonds is 4. The fourth-order valence-corrected chi connectivity index (χ4v) is 2.51. The van der Waals surface area contributed by atoms with E-state index in [1.54, 1.807) is 0 Å². The quantitative estimate of drug-likeness (QED) is 0.483. The van der Waals surface area contributed by atoms with Gasteiger partial charge in [0.25, 0.3) is 3.12 Å². The van der Waals surface area contributed by atoms with Crippen LogP contribution in [0.15, 0.2) is 30.3 Å². The molecule has 1 amide bonds. The van der Waals surface area contributed by atoms with Crippen LogP contribution in [0.3, 0.4) is 0 Å². The van der Waals surface area contributed by atoms with E-state index >= 15 is 0 Å². The third kappa shape index (κ3) is 5.83. The molecule has 0 unspecified atom stereocenters. The van der Waals surface area contributed by atoms with E-state index in [9.17, 15) is 4.79 Å². The Labute approximate surface area is 125 Å². The molecule has 0 aliphatic carbocycles. The number of halogens is 3. The van der Waals surface area contributed by atoms with E-state index in [0.29, 0.717) is 11.9 Å². The highest BCUT2D eigenvalue weighted by Gasteiger charge is 2.28. The molecule has 0 saturated carbocycles. The fraction of sp³-hybridized carbons (Fsp3) is 0.273. The van der Waals surface area contributed by atoms with Gasteiger partial charge < -0.3 is 0 Å². The average molecular weight is 324 g/mol. The van der Waals surface area contributed by atoms with Crippen LogP contribution in [0.5, 0.6) is 0 Å². The lowest BCUT2D eigenvalue weighted by atomic mass is 10.1. The van der Waals surface area contributed by atoms with Crippen molar-refractivity contribution < 1.29 is 4.79 Å². The van der Waals surface area contributed by atoms with Gasteiger partial charge in [-0.1, -0.05) is 65.1 Å². The van der Waals surface area contributed by atoms with Crippen molar-refractivity contribution in [1.82, 2.24) is 4.31 Å². The van der Waals surface area contributed by atoms with E-state index < -0.39 is 3.12 Å². The monoisotopic (exact) mass is 322 g/mol. The zero-order chi connectivity index (χ0) is 13.6. The molecule has 96 valence electrons. The van der Waals surface area contributed by atoms with Crippen LogP contribution < -0.4 is 0 Å². The largest absolute Gasteiger partial charge is 0.274 e. The summed E-state index contributed by atoms with van der Waals surface area (Å²) in [5.74, 6) is -0.279. The molecule has 0 atom stereocenters. The summed E-state index contributed by atoms with van der Waals surface area (Å²) in [4.78, 5) is 12.0. The molecule has 0 aliphatic rings. The predicted molar refractivity (Wildman–Crippen MR) is 75.4 cm³/mol. The van der Waals surface area contributed by atoms with Crippen LogP contribution in [0, 0.1) is 11.3 Å². The van der Waals surface area contributed by atoms with Gasteiger partial charge in [0.05, 0.1) is 12.5 Å². The maximum Gasteiger partial charge on any atom is 0.256 e. The van der Waals surface area contributed by atoms with Gasteiger partial charge in [-0.2, -0.15) is 5.26 Å². The maximum atomic E-state index is 12.0. The van der Waals surface area contributed by atoms with Crippen LogP contribution in [0.25, 0.3) is 0 Å². The van der Waals surface area contributed by atoms with Gasteiger partial charge in [0.15, 0.2) is 0 Å². The van der Waals surface area contributed by atoms with Crippen LogP contribution in [-0.2, 0) is 11.2 Å².